The molecular formula is C17H25NO3. The number of aliphatic carboxylic acids is 1. The molecule has 0 aliphatic carbocycles. The molecule has 116 valence electrons. The van der Waals surface area contributed by atoms with Crippen LogP contribution in [0.25, 0.3) is 0 Å². The van der Waals surface area contributed by atoms with Crippen molar-refractivity contribution in [3.05, 3.63) is 35.9 Å². The summed E-state index contributed by atoms with van der Waals surface area (Å²) in [7, 11) is 0. The number of hydrogen-bond acceptors (Lipinski definition) is 3. The van der Waals surface area contributed by atoms with Gasteiger partial charge in [0.1, 0.15) is 0 Å². The van der Waals surface area contributed by atoms with Gasteiger partial charge in [0, 0.05) is 12.1 Å². The minimum absolute atomic E-state index is 0.0144. The van der Waals surface area contributed by atoms with Crippen molar-refractivity contribution in [2.45, 2.75) is 57.3 Å². The largest absolute Gasteiger partial charge is 0.479 e. The molecular weight excluding hydrogens is 266 g/mol. The zero-order chi connectivity index (χ0) is 15.3. The van der Waals surface area contributed by atoms with Crippen LogP contribution in [0.15, 0.2) is 30.3 Å². The van der Waals surface area contributed by atoms with Gasteiger partial charge in [-0.25, -0.2) is 4.79 Å². The molecule has 21 heavy (non-hydrogen) atoms. The van der Waals surface area contributed by atoms with Gasteiger partial charge < -0.3 is 15.2 Å². The molecule has 2 atom stereocenters. The maximum atomic E-state index is 10.9. The topological polar surface area (TPSA) is 58.6 Å². The molecule has 0 spiro atoms. The molecule has 0 radical (unpaired) electrons. The maximum Gasteiger partial charge on any atom is 0.332 e. The van der Waals surface area contributed by atoms with Crippen LogP contribution in [0.4, 0.5) is 0 Å². The van der Waals surface area contributed by atoms with Crippen molar-refractivity contribution in [1.29, 1.82) is 0 Å². The molecule has 4 heteroatoms. The van der Waals surface area contributed by atoms with Crippen molar-refractivity contribution >= 4 is 5.97 Å². The molecule has 1 aromatic rings. The Morgan fingerprint density at radius 2 is 2.05 bits per heavy atom. The molecule has 0 saturated carbocycles. The van der Waals surface area contributed by atoms with E-state index in [2.05, 4.69) is 43.4 Å². The summed E-state index contributed by atoms with van der Waals surface area (Å²) in [6, 6.07) is 10.5. The molecule has 1 aromatic carbocycles. The van der Waals surface area contributed by atoms with Crippen LogP contribution < -0.4 is 5.32 Å². The molecule has 0 amide bonds. The van der Waals surface area contributed by atoms with Crippen molar-refractivity contribution in [3.8, 4) is 0 Å². The van der Waals surface area contributed by atoms with E-state index < -0.39 is 12.1 Å². The Hall–Kier alpha value is -1.39. The van der Waals surface area contributed by atoms with E-state index in [0.29, 0.717) is 13.0 Å². The van der Waals surface area contributed by atoms with Crippen LogP contribution in [0.3, 0.4) is 0 Å². The fourth-order valence-corrected chi connectivity index (χ4v) is 2.62. The summed E-state index contributed by atoms with van der Waals surface area (Å²) in [6.07, 6.45) is 2.90. The maximum absolute atomic E-state index is 10.9. The highest BCUT2D eigenvalue weighted by Gasteiger charge is 2.31. The van der Waals surface area contributed by atoms with E-state index in [9.17, 15) is 4.79 Å². The average Bonchev–Trinajstić information content (AvgIpc) is 2.94. The van der Waals surface area contributed by atoms with Crippen LogP contribution in [0, 0.1) is 0 Å². The highest BCUT2D eigenvalue weighted by Crippen LogP contribution is 2.21. The van der Waals surface area contributed by atoms with Crippen molar-refractivity contribution < 1.29 is 14.6 Å². The monoisotopic (exact) mass is 291 g/mol. The molecule has 1 aliphatic rings. The number of carboxylic acids is 1. The zero-order valence-electron chi connectivity index (χ0n) is 12.8. The summed E-state index contributed by atoms with van der Waals surface area (Å²) < 4.78 is 5.52. The van der Waals surface area contributed by atoms with Crippen LogP contribution in [-0.4, -0.2) is 35.4 Å². The van der Waals surface area contributed by atoms with Gasteiger partial charge in [0.15, 0.2) is 6.10 Å². The van der Waals surface area contributed by atoms with Crippen molar-refractivity contribution in [3.63, 3.8) is 0 Å². The van der Waals surface area contributed by atoms with E-state index >= 15 is 0 Å². The smallest absolute Gasteiger partial charge is 0.332 e. The van der Waals surface area contributed by atoms with Gasteiger partial charge in [-0.2, -0.15) is 0 Å². The second-order valence-corrected chi connectivity index (χ2v) is 6.41. The van der Waals surface area contributed by atoms with E-state index in [1.807, 2.05) is 6.07 Å². The van der Waals surface area contributed by atoms with Gasteiger partial charge in [-0.15, -0.1) is 0 Å². The third-order valence-corrected chi connectivity index (χ3v) is 4.07. The number of aryl methyl sites for hydroxylation is 1. The van der Waals surface area contributed by atoms with E-state index in [-0.39, 0.29) is 11.6 Å². The van der Waals surface area contributed by atoms with Crippen molar-refractivity contribution in [2.24, 2.45) is 0 Å². The molecule has 2 rings (SSSR count). The van der Waals surface area contributed by atoms with Crippen LogP contribution >= 0.6 is 0 Å². The minimum Gasteiger partial charge on any atom is -0.479 e. The van der Waals surface area contributed by atoms with Crippen LogP contribution in [0.1, 0.15) is 38.7 Å². The first-order valence-corrected chi connectivity index (χ1v) is 7.63. The third kappa shape index (κ3) is 5.14. The minimum atomic E-state index is -0.846. The lowest BCUT2D eigenvalue weighted by Gasteiger charge is -2.28. The van der Waals surface area contributed by atoms with Gasteiger partial charge in [0.25, 0.3) is 0 Å². The van der Waals surface area contributed by atoms with Gasteiger partial charge in [0.05, 0.1) is 6.10 Å². The Balaban J connectivity index is 1.73. The lowest BCUT2D eigenvalue weighted by molar-refractivity contribution is -0.149. The first-order chi connectivity index (χ1) is 9.96. The van der Waals surface area contributed by atoms with Gasteiger partial charge >= 0.3 is 5.97 Å². The Labute approximate surface area is 126 Å². The molecule has 2 N–H and O–H groups in total. The summed E-state index contributed by atoms with van der Waals surface area (Å²) >= 11 is 0. The number of hydrogen-bond donors (Lipinski definition) is 2. The number of benzene rings is 1. The van der Waals surface area contributed by atoms with Gasteiger partial charge in [0.2, 0.25) is 0 Å². The third-order valence-electron chi connectivity index (χ3n) is 4.07. The second-order valence-electron chi connectivity index (χ2n) is 6.41. The van der Waals surface area contributed by atoms with Gasteiger partial charge in [-0.1, -0.05) is 30.3 Å². The lowest BCUT2D eigenvalue weighted by atomic mass is 9.95. The molecule has 0 bridgehead atoms. The summed E-state index contributed by atoms with van der Waals surface area (Å²) in [4.78, 5) is 10.9. The van der Waals surface area contributed by atoms with E-state index in [1.54, 1.807) is 0 Å². The van der Waals surface area contributed by atoms with Crippen LogP contribution in [0.5, 0.6) is 0 Å². The number of carbonyl (C=O) groups is 1. The normalized spacial score (nSPS) is 22.4. The van der Waals surface area contributed by atoms with Crippen LogP contribution in [-0.2, 0) is 16.0 Å². The molecule has 2 unspecified atom stereocenters. The summed E-state index contributed by atoms with van der Waals surface area (Å²) in [5.41, 5.74) is 1.36. The molecule has 0 aromatic heterocycles. The summed E-state index contributed by atoms with van der Waals surface area (Å²) in [6.45, 7) is 5.07. The fraction of sp³-hybridized carbons (Fsp3) is 0.588. The highest BCUT2D eigenvalue weighted by atomic mass is 16.5. The Morgan fingerprint density at radius 1 is 1.33 bits per heavy atom. The molecule has 1 fully saturated rings. The average molecular weight is 291 g/mol. The van der Waals surface area contributed by atoms with Gasteiger partial charge in [-0.3, -0.25) is 0 Å². The van der Waals surface area contributed by atoms with Crippen molar-refractivity contribution in [1.82, 2.24) is 5.32 Å². The summed E-state index contributed by atoms with van der Waals surface area (Å²) in [5, 5.41) is 12.4. The Kier molecular flexibility index (Phi) is 5.37. The van der Waals surface area contributed by atoms with Crippen molar-refractivity contribution in [2.75, 3.05) is 6.54 Å². The SMILES string of the molecule is CC(C)(CCc1ccccc1)NCC1CCC(C(=O)O)O1. The first kappa shape index (κ1) is 16.0. The zero-order valence-corrected chi connectivity index (χ0v) is 12.8. The number of ether oxygens (including phenoxy) is 1. The molecule has 1 aliphatic heterocycles. The quantitative estimate of drug-likeness (QED) is 0.811. The number of rotatable bonds is 7. The van der Waals surface area contributed by atoms with E-state index in [1.165, 1.54) is 5.56 Å². The predicted molar refractivity (Wildman–Crippen MR) is 82.4 cm³/mol. The second kappa shape index (κ2) is 7.05. The fourth-order valence-electron chi connectivity index (χ4n) is 2.62. The Morgan fingerprint density at radius 3 is 2.67 bits per heavy atom. The Bertz CT molecular complexity index is 458. The predicted octanol–water partition coefficient (Wildman–Crippen LogP) is 2.62. The molecule has 4 nitrogen and oxygen atoms in total. The first-order valence-electron chi connectivity index (χ1n) is 7.63. The standard InChI is InChI=1S/C17H25NO3/c1-17(2,11-10-13-6-4-3-5-7-13)18-12-14-8-9-15(21-14)16(19)20/h3-7,14-15,18H,8-12H2,1-2H3,(H,19,20). The number of nitrogens with one attached hydrogen (secondary N) is 1. The molecule has 1 heterocycles. The lowest BCUT2D eigenvalue weighted by Crippen LogP contribution is -2.44. The van der Waals surface area contributed by atoms with E-state index in [4.69, 9.17) is 9.84 Å². The summed E-state index contributed by atoms with van der Waals surface area (Å²) in [5.74, 6) is -0.846. The molecule has 1 saturated heterocycles. The van der Waals surface area contributed by atoms with E-state index in [0.717, 1.165) is 19.3 Å². The van der Waals surface area contributed by atoms with Gasteiger partial charge in [-0.05, 0) is 45.1 Å². The van der Waals surface area contributed by atoms with Crippen LogP contribution in [0.2, 0.25) is 0 Å². The highest BCUT2D eigenvalue weighted by molar-refractivity contribution is 5.72. The number of carboxylic acid groups (broad SMARTS) is 1.